The average Bonchev–Trinajstić information content (AvgIpc) is 3.37. The molecule has 1 aromatic rings. The molecule has 0 aromatic carbocycles. The molecule has 7 heteroatoms. The van der Waals surface area contributed by atoms with Gasteiger partial charge < -0.3 is 19.9 Å². The van der Waals surface area contributed by atoms with Crippen molar-refractivity contribution in [2.75, 3.05) is 19.6 Å². The minimum Gasteiger partial charge on any atom is -0.507 e. The summed E-state index contributed by atoms with van der Waals surface area (Å²) in [6.45, 7) is 5.65. The van der Waals surface area contributed by atoms with E-state index in [9.17, 15) is 19.5 Å². The Morgan fingerprint density at radius 3 is 2.68 bits per heavy atom. The standard InChI is InChI=1S/C18H25N3O4/c1-11(2)14-10-20(6-5-17(24)21(14)9-12-3-4-12)18(25)13-8-19-16(23)7-15(13)22/h7-8,11-12,14H,3-6,9-10H2,1-2H3,(H2,19,22,23)/t14-/m0/s1. The monoisotopic (exact) mass is 347 g/mol. The Balaban J connectivity index is 1.83. The van der Waals surface area contributed by atoms with Gasteiger partial charge in [0.05, 0.1) is 11.6 Å². The fraction of sp³-hybridized carbons (Fsp3) is 0.611. The number of hydrogen-bond acceptors (Lipinski definition) is 4. The van der Waals surface area contributed by atoms with Crippen LogP contribution in [0.3, 0.4) is 0 Å². The van der Waals surface area contributed by atoms with E-state index in [1.807, 2.05) is 4.90 Å². The molecular formula is C18H25N3O4. The van der Waals surface area contributed by atoms with Crippen molar-refractivity contribution in [1.82, 2.24) is 14.8 Å². The summed E-state index contributed by atoms with van der Waals surface area (Å²) < 4.78 is 0. The molecule has 0 unspecified atom stereocenters. The third-order valence-corrected chi connectivity index (χ3v) is 5.07. The van der Waals surface area contributed by atoms with Gasteiger partial charge in [-0.15, -0.1) is 0 Å². The number of nitrogens with one attached hydrogen (secondary N) is 1. The smallest absolute Gasteiger partial charge is 0.259 e. The molecule has 1 saturated carbocycles. The molecule has 0 radical (unpaired) electrons. The van der Waals surface area contributed by atoms with Crippen LogP contribution in [-0.2, 0) is 4.79 Å². The molecule has 2 N–H and O–H groups in total. The second-order valence-electron chi connectivity index (χ2n) is 7.40. The topological polar surface area (TPSA) is 93.7 Å². The first kappa shape index (κ1) is 17.5. The second kappa shape index (κ2) is 6.90. The van der Waals surface area contributed by atoms with Crippen LogP contribution in [0.2, 0.25) is 0 Å². The lowest BCUT2D eigenvalue weighted by Crippen LogP contribution is -2.48. The summed E-state index contributed by atoms with van der Waals surface area (Å²) in [6, 6.07) is 0.958. The SMILES string of the molecule is CC(C)[C@@H]1CN(C(=O)c2c[nH]c(=O)cc2O)CCC(=O)N1CC1CC1. The molecule has 3 rings (SSSR count). The highest BCUT2D eigenvalue weighted by atomic mass is 16.3. The Bertz CT molecular complexity index is 723. The van der Waals surface area contributed by atoms with Crippen LogP contribution in [0.4, 0.5) is 0 Å². The number of nitrogens with zero attached hydrogens (tertiary/aromatic N) is 2. The van der Waals surface area contributed by atoms with Crippen molar-refractivity contribution >= 4 is 11.8 Å². The van der Waals surface area contributed by atoms with E-state index < -0.39 is 5.56 Å². The van der Waals surface area contributed by atoms with Crippen molar-refractivity contribution in [2.45, 2.75) is 39.2 Å². The van der Waals surface area contributed by atoms with Crippen LogP contribution in [0.25, 0.3) is 0 Å². The van der Waals surface area contributed by atoms with Gasteiger partial charge in [0.2, 0.25) is 5.91 Å². The molecule has 2 aliphatic rings. The van der Waals surface area contributed by atoms with Crippen LogP contribution >= 0.6 is 0 Å². The van der Waals surface area contributed by atoms with Crippen molar-refractivity contribution in [3.05, 3.63) is 28.2 Å². The largest absolute Gasteiger partial charge is 0.507 e. The van der Waals surface area contributed by atoms with Gasteiger partial charge in [-0.3, -0.25) is 14.4 Å². The zero-order valence-electron chi connectivity index (χ0n) is 14.7. The Morgan fingerprint density at radius 2 is 2.08 bits per heavy atom. The maximum atomic E-state index is 12.8. The van der Waals surface area contributed by atoms with Gasteiger partial charge >= 0.3 is 0 Å². The van der Waals surface area contributed by atoms with Crippen LogP contribution in [0, 0.1) is 11.8 Å². The Hall–Kier alpha value is -2.31. The summed E-state index contributed by atoms with van der Waals surface area (Å²) in [5, 5.41) is 9.92. The van der Waals surface area contributed by atoms with Crippen molar-refractivity contribution < 1.29 is 14.7 Å². The molecule has 25 heavy (non-hydrogen) atoms. The predicted molar refractivity (Wildman–Crippen MR) is 92.3 cm³/mol. The zero-order valence-corrected chi connectivity index (χ0v) is 14.7. The summed E-state index contributed by atoms with van der Waals surface area (Å²) in [5.41, 5.74) is -0.402. The molecular weight excluding hydrogens is 322 g/mol. The van der Waals surface area contributed by atoms with E-state index in [0.717, 1.165) is 12.6 Å². The molecule has 1 aromatic heterocycles. The number of rotatable bonds is 4. The number of H-pyrrole nitrogens is 1. The summed E-state index contributed by atoms with van der Waals surface area (Å²) in [6.07, 6.45) is 3.86. The highest BCUT2D eigenvalue weighted by Gasteiger charge is 2.37. The highest BCUT2D eigenvalue weighted by Crippen LogP contribution is 2.32. The van der Waals surface area contributed by atoms with Gasteiger partial charge in [0.15, 0.2) is 0 Å². The number of aromatic nitrogens is 1. The van der Waals surface area contributed by atoms with Gasteiger partial charge in [-0.2, -0.15) is 0 Å². The maximum Gasteiger partial charge on any atom is 0.259 e. The number of aromatic amines is 1. The predicted octanol–water partition coefficient (Wildman–Crippen LogP) is 1.19. The minimum absolute atomic E-state index is 0.0375. The molecule has 136 valence electrons. The van der Waals surface area contributed by atoms with E-state index in [1.54, 1.807) is 4.90 Å². The quantitative estimate of drug-likeness (QED) is 0.855. The van der Waals surface area contributed by atoms with Gasteiger partial charge in [-0.25, -0.2) is 0 Å². The number of aromatic hydroxyl groups is 1. The van der Waals surface area contributed by atoms with Crippen LogP contribution in [0.5, 0.6) is 5.75 Å². The van der Waals surface area contributed by atoms with Crippen LogP contribution in [-0.4, -0.2) is 57.4 Å². The highest BCUT2D eigenvalue weighted by molar-refractivity contribution is 5.97. The molecule has 1 atom stereocenters. The Kier molecular flexibility index (Phi) is 4.83. The summed E-state index contributed by atoms with van der Waals surface area (Å²) in [5.74, 6) is 0.211. The van der Waals surface area contributed by atoms with Crippen LogP contribution in [0.15, 0.2) is 17.1 Å². The summed E-state index contributed by atoms with van der Waals surface area (Å²) in [4.78, 5) is 42.6. The number of carbonyl (C=O) groups is 2. The molecule has 0 bridgehead atoms. The third-order valence-electron chi connectivity index (χ3n) is 5.07. The fourth-order valence-corrected chi connectivity index (χ4v) is 3.35. The maximum absolute atomic E-state index is 12.8. The molecule has 2 fully saturated rings. The molecule has 7 nitrogen and oxygen atoms in total. The van der Waals surface area contributed by atoms with Gasteiger partial charge in [-0.1, -0.05) is 13.8 Å². The average molecular weight is 347 g/mol. The van der Waals surface area contributed by atoms with E-state index >= 15 is 0 Å². The van der Waals surface area contributed by atoms with Gasteiger partial charge in [-0.05, 0) is 24.7 Å². The Labute approximate surface area is 146 Å². The summed E-state index contributed by atoms with van der Waals surface area (Å²) >= 11 is 0. The van der Waals surface area contributed by atoms with E-state index in [1.165, 1.54) is 19.0 Å². The van der Waals surface area contributed by atoms with Gasteiger partial charge in [0.1, 0.15) is 5.75 Å². The second-order valence-corrected chi connectivity index (χ2v) is 7.40. The molecule has 1 aliphatic heterocycles. The van der Waals surface area contributed by atoms with Crippen molar-refractivity contribution in [3.63, 3.8) is 0 Å². The number of carbonyl (C=O) groups excluding carboxylic acids is 2. The lowest BCUT2D eigenvalue weighted by atomic mass is 10.0. The zero-order chi connectivity index (χ0) is 18.1. The van der Waals surface area contributed by atoms with E-state index in [0.29, 0.717) is 19.0 Å². The Morgan fingerprint density at radius 1 is 1.36 bits per heavy atom. The lowest BCUT2D eigenvalue weighted by molar-refractivity contribution is -0.133. The molecule has 1 aliphatic carbocycles. The van der Waals surface area contributed by atoms with Crippen molar-refractivity contribution in [3.8, 4) is 5.75 Å². The molecule has 2 amide bonds. The van der Waals surface area contributed by atoms with Crippen molar-refractivity contribution in [1.29, 1.82) is 0 Å². The molecule has 0 spiro atoms. The minimum atomic E-state index is -0.462. The fourth-order valence-electron chi connectivity index (χ4n) is 3.35. The molecule has 1 saturated heterocycles. The van der Waals surface area contributed by atoms with Crippen LogP contribution in [0.1, 0.15) is 43.5 Å². The van der Waals surface area contributed by atoms with Gasteiger partial charge in [0, 0.05) is 38.3 Å². The third kappa shape index (κ3) is 3.86. The first-order valence-electron chi connectivity index (χ1n) is 8.87. The first-order chi connectivity index (χ1) is 11.9. The van der Waals surface area contributed by atoms with E-state index in [-0.39, 0.29) is 41.5 Å². The first-order valence-corrected chi connectivity index (χ1v) is 8.87. The lowest BCUT2D eigenvalue weighted by Gasteiger charge is -2.34. The number of hydrogen-bond donors (Lipinski definition) is 2. The summed E-state index contributed by atoms with van der Waals surface area (Å²) in [7, 11) is 0. The van der Waals surface area contributed by atoms with Gasteiger partial charge in [0.25, 0.3) is 11.5 Å². The van der Waals surface area contributed by atoms with Crippen molar-refractivity contribution in [2.24, 2.45) is 11.8 Å². The van der Waals surface area contributed by atoms with E-state index in [4.69, 9.17) is 0 Å². The van der Waals surface area contributed by atoms with E-state index in [2.05, 4.69) is 18.8 Å². The molecule has 2 heterocycles. The number of amides is 2. The van der Waals surface area contributed by atoms with Crippen LogP contribution < -0.4 is 5.56 Å². The number of pyridine rings is 1. The normalized spacial score (nSPS) is 21.6.